The van der Waals surface area contributed by atoms with Gasteiger partial charge >= 0.3 is 12.2 Å². The smallest absolute Gasteiger partial charge is 0.442 e. The summed E-state index contributed by atoms with van der Waals surface area (Å²) in [5, 5.41) is 3.64. The molecule has 2 aromatic rings. The van der Waals surface area contributed by atoms with Gasteiger partial charge in [-0.05, 0) is 104 Å². The van der Waals surface area contributed by atoms with E-state index in [4.69, 9.17) is 23.8 Å². The molecule has 0 aliphatic carbocycles. The molecule has 1 fully saturated rings. The summed E-state index contributed by atoms with van der Waals surface area (Å²) in [6.45, 7) is 19.8. The van der Waals surface area contributed by atoms with E-state index in [2.05, 4.69) is 34.2 Å². The third-order valence-corrected chi connectivity index (χ3v) is 6.57. The minimum Gasteiger partial charge on any atom is -0.442 e. The van der Waals surface area contributed by atoms with Crippen LogP contribution in [0.2, 0.25) is 0 Å². The summed E-state index contributed by atoms with van der Waals surface area (Å²) in [6.07, 6.45) is -2.01. The molecule has 11 nitrogen and oxygen atoms in total. The van der Waals surface area contributed by atoms with Gasteiger partial charge < -0.3 is 29.1 Å². The van der Waals surface area contributed by atoms with Crippen LogP contribution in [0.3, 0.4) is 0 Å². The molecular weight excluding hydrogens is 614 g/mol. The standard InChI is InChI=1S/C37H51N3O8/c1-35(2,3)45-26-31(25-40(33(42)46-36(4,5)6)48-34(43)47-37(7,8)9)38-32(41)30-18-16-28(17-19-30)11-10-27-12-14-29(15-13-27)24-39-20-22-44-23-21-39/h12-19,31H,20-26H2,1-9H3,(H,38,41). The summed E-state index contributed by atoms with van der Waals surface area (Å²) < 4.78 is 22.1. The van der Waals surface area contributed by atoms with Gasteiger partial charge in [0.1, 0.15) is 11.2 Å². The maximum atomic E-state index is 13.4. The Labute approximate surface area is 285 Å². The Morgan fingerprint density at radius 1 is 0.812 bits per heavy atom. The number of morpholine rings is 1. The highest BCUT2D eigenvalue weighted by molar-refractivity contribution is 5.94. The number of benzene rings is 2. The Kier molecular flexibility index (Phi) is 13.4. The van der Waals surface area contributed by atoms with Crippen LogP contribution in [0.5, 0.6) is 0 Å². The van der Waals surface area contributed by atoms with Crippen LogP contribution in [-0.2, 0) is 30.3 Å². The van der Waals surface area contributed by atoms with Crippen LogP contribution in [0, 0.1) is 11.8 Å². The minimum atomic E-state index is -1.09. The summed E-state index contributed by atoms with van der Waals surface area (Å²) in [5.74, 6) is 5.92. The molecule has 1 aliphatic rings. The van der Waals surface area contributed by atoms with Gasteiger partial charge in [0.25, 0.3) is 5.91 Å². The molecule has 11 heteroatoms. The summed E-state index contributed by atoms with van der Waals surface area (Å²) in [6, 6.07) is 14.3. The van der Waals surface area contributed by atoms with E-state index in [-0.39, 0.29) is 13.2 Å². The van der Waals surface area contributed by atoms with E-state index in [0.29, 0.717) is 5.56 Å². The molecule has 3 rings (SSSR count). The second-order valence-electron chi connectivity index (χ2n) is 14.6. The van der Waals surface area contributed by atoms with E-state index in [0.717, 1.165) is 49.0 Å². The molecule has 2 amide bonds. The van der Waals surface area contributed by atoms with Gasteiger partial charge in [-0.3, -0.25) is 9.69 Å². The molecule has 1 heterocycles. The zero-order valence-electron chi connectivity index (χ0n) is 29.8. The van der Waals surface area contributed by atoms with Crippen LogP contribution in [0.25, 0.3) is 0 Å². The van der Waals surface area contributed by atoms with Gasteiger partial charge in [0.05, 0.1) is 38.0 Å². The van der Waals surface area contributed by atoms with Crippen molar-refractivity contribution >= 4 is 18.2 Å². The fourth-order valence-corrected chi connectivity index (χ4v) is 4.34. The molecule has 1 atom stereocenters. The zero-order chi connectivity index (χ0) is 35.5. The van der Waals surface area contributed by atoms with Crippen LogP contribution >= 0.6 is 0 Å². The van der Waals surface area contributed by atoms with E-state index in [1.54, 1.807) is 65.8 Å². The van der Waals surface area contributed by atoms with Crippen LogP contribution in [0.4, 0.5) is 9.59 Å². The fourth-order valence-electron chi connectivity index (χ4n) is 4.34. The van der Waals surface area contributed by atoms with Crippen LogP contribution in [0.15, 0.2) is 48.5 Å². The quantitative estimate of drug-likeness (QED) is 0.208. The first-order valence-electron chi connectivity index (χ1n) is 16.2. The average molecular weight is 666 g/mol. The van der Waals surface area contributed by atoms with E-state index < -0.39 is 41.0 Å². The Balaban J connectivity index is 1.70. The highest BCUT2D eigenvalue weighted by Crippen LogP contribution is 2.16. The lowest BCUT2D eigenvalue weighted by Crippen LogP contribution is -2.50. The number of hydrogen-bond donors (Lipinski definition) is 1. The first-order chi connectivity index (χ1) is 22.3. The molecule has 1 aliphatic heterocycles. The summed E-state index contributed by atoms with van der Waals surface area (Å²) in [7, 11) is 0. The molecule has 262 valence electrons. The van der Waals surface area contributed by atoms with Gasteiger partial charge in [0.2, 0.25) is 0 Å². The van der Waals surface area contributed by atoms with Crippen molar-refractivity contribution in [1.82, 2.24) is 15.3 Å². The second-order valence-corrected chi connectivity index (χ2v) is 14.6. The number of nitrogens with zero attached hydrogens (tertiary/aromatic N) is 2. The number of carbonyl (C=O) groups excluding carboxylic acids is 3. The number of rotatable bonds is 8. The van der Waals surface area contributed by atoms with Crippen molar-refractivity contribution in [2.75, 3.05) is 39.5 Å². The van der Waals surface area contributed by atoms with Crippen molar-refractivity contribution in [3.05, 3.63) is 70.8 Å². The van der Waals surface area contributed by atoms with Crippen molar-refractivity contribution in [3.8, 4) is 11.8 Å². The molecule has 1 saturated heterocycles. The van der Waals surface area contributed by atoms with Crippen LogP contribution in [0.1, 0.15) is 89.4 Å². The van der Waals surface area contributed by atoms with Crippen molar-refractivity contribution in [3.63, 3.8) is 0 Å². The number of carbonyl (C=O) groups is 3. The molecule has 48 heavy (non-hydrogen) atoms. The second kappa shape index (κ2) is 16.8. The molecule has 0 saturated carbocycles. The first-order valence-corrected chi connectivity index (χ1v) is 16.2. The molecule has 0 radical (unpaired) electrons. The monoisotopic (exact) mass is 665 g/mol. The van der Waals surface area contributed by atoms with E-state index in [1.807, 2.05) is 32.9 Å². The Morgan fingerprint density at radius 2 is 1.35 bits per heavy atom. The van der Waals surface area contributed by atoms with E-state index in [1.165, 1.54) is 5.56 Å². The molecule has 1 unspecified atom stereocenters. The number of nitrogens with one attached hydrogen (secondary N) is 1. The summed E-state index contributed by atoms with van der Waals surface area (Å²) in [4.78, 5) is 46.6. The number of ether oxygens (including phenoxy) is 4. The molecule has 2 aromatic carbocycles. The van der Waals surface area contributed by atoms with Crippen LogP contribution in [-0.4, -0.2) is 90.4 Å². The highest BCUT2D eigenvalue weighted by Gasteiger charge is 2.31. The summed E-state index contributed by atoms with van der Waals surface area (Å²) >= 11 is 0. The Morgan fingerprint density at radius 3 is 1.88 bits per heavy atom. The molecular formula is C37H51N3O8. The van der Waals surface area contributed by atoms with Gasteiger partial charge in [-0.25, -0.2) is 9.59 Å². The number of hydrogen-bond acceptors (Lipinski definition) is 9. The Bertz CT molecular complexity index is 1420. The van der Waals surface area contributed by atoms with Crippen LogP contribution < -0.4 is 5.32 Å². The van der Waals surface area contributed by atoms with Gasteiger partial charge in [0, 0.05) is 36.3 Å². The zero-order valence-corrected chi connectivity index (χ0v) is 29.8. The van der Waals surface area contributed by atoms with Gasteiger partial charge in [-0.1, -0.05) is 24.0 Å². The molecule has 0 bridgehead atoms. The topological polar surface area (TPSA) is 116 Å². The van der Waals surface area contributed by atoms with Crippen molar-refractivity contribution in [1.29, 1.82) is 0 Å². The Hall–Kier alpha value is -4.11. The third-order valence-electron chi connectivity index (χ3n) is 6.57. The van der Waals surface area contributed by atoms with Gasteiger partial charge in [-0.15, -0.1) is 5.06 Å². The van der Waals surface area contributed by atoms with Crippen molar-refractivity contribution < 1.29 is 38.2 Å². The molecule has 1 N–H and O–H groups in total. The number of hydroxylamine groups is 2. The normalized spacial score (nSPS) is 14.6. The third kappa shape index (κ3) is 14.8. The van der Waals surface area contributed by atoms with Gasteiger partial charge in [-0.2, -0.15) is 0 Å². The first kappa shape index (κ1) is 38.3. The number of amides is 2. The van der Waals surface area contributed by atoms with Gasteiger partial charge in [0.15, 0.2) is 0 Å². The maximum Gasteiger partial charge on any atom is 0.534 e. The predicted molar refractivity (Wildman–Crippen MR) is 182 cm³/mol. The van der Waals surface area contributed by atoms with Crippen molar-refractivity contribution in [2.24, 2.45) is 0 Å². The maximum absolute atomic E-state index is 13.4. The van der Waals surface area contributed by atoms with E-state index >= 15 is 0 Å². The molecule has 0 aromatic heterocycles. The lowest BCUT2D eigenvalue weighted by molar-refractivity contribution is -0.142. The largest absolute Gasteiger partial charge is 0.534 e. The van der Waals surface area contributed by atoms with E-state index in [9.17, 15) is 14.4 Å². The average Bonchev–Trinajstić information content (AvgIpc) is 2.97. The SMILES string of the molecule is CC(C)(C)OCC(CN(OC(=O)OC(C)(C)C)C(=O)OC(C)(C)C)NC(=O)c1ccc(C#Cc2ccc(CN3CCOCC3)cc2)cc1. The fraction of sp³-hybridized carbons (Fsp3) is 0.541. The lowest BCUT2D eigenvalue weighted by Gasteiger charge is -2.31. The minimum absolute atomic E-state index is 0.0149. The lowest BCUT2D eigenvalue weighted by atomic mass is 10.1. The summed E-state index contributed by atoms with van der Waals surface area (Å²) in [5.41, 5.74) is 0.981. The van der Waals surface area contributed by atoms with Crippen molar-refractivity contribution in [2.45, 2.75) is 91.7 Å². The predicted octanol–water partition coefficient (Wildman–Crippen LogP) is 5.94. The molecule has 0 spiro atoms. The highest BCUT2D eigenvalue weighted by atomic mass is 16.8.